The van der Waals surface area contributed by atoms with Gasteiger partial charge in [0.25, 0.3) is 0 Å². The minimum absolute atomic E-state index is 0.0176. The topological polar surface area (TPSA) is 64.3 Å². The average Bonchev–Trinajstić information content (AvgIpc) is 2.40. The third kappa shape index (κ3) is 4.44. The number of amides is 1. The summed E-state index contributed by atoms with van der Waals surface area (Å²) in [6, 6.07) is 16.8. The molecule has 4 nitrogen and oxygen atoms in total. The van der Waals surface area contributed by atoms with Gasteiger partial charge in [0.2, 0.25) is 5.91 Å². The molecule has 0 aliphatic heterocycles. The summed E-state index contributed by atoms with van der Waals surface area (Å²) < 4.78 is 5.34. The number of nitrogens with two attached hydrogens (primary N) is 1. The van der Waals surface area contributed by atoms with Crippen molar-refractivity contribution in [3.63, 3.8) is 0 Å². The molecule has 98 valence electrons. The monoisotopic (exact) mass is 256 g/mol. The minimum Gasteiger partial charge on any atom is -0.399 e. The number of nitrogens with one attached hydrogen (secondary N) is 1. The molecular formula is C15H16N2O2. The van der Waals surface area contributed by atoms with Crippen molar-refractivity contribution in [3.8, 4) is 0 Å². The van der Waals surface area contributed by atoms with Crippen LogP contribution in [-0.2, 0) is 16.1 Å². The first-order chi connectivity index (χ1) is 9.24. The van der Waals surface area contributed by atoms with Gasteiger partial charge in [-0.3, -0.25) is 4.79 Å². The van der Waals surface area contributed by atoms with Crippen molar-refractivity contribution >= 4 is 17.3 Å². The molecule has 2 aromatic rings. The molecule has 0 radical (unpaired) electrons. The van der Waals surface area contributed by atoms with E-state index in [1.54, 1.807) is 24.3 Å². The summed E-state index contributed by atoms with van der Waals surface area (Å²) in [5, 5.41) is 2.73. The van der Waals surface area contributed by atoms with E-state index in [4.69, 9.17) is 10.5 Å². The molecule has 0 saturated heterocycles. The Morgan fingerprint density at radius 1 is 1.11 bits per heavy atom. The van der Waals surface area contributed by atoms with Crippen LogP contribution in [0.1, 0.15) is 5.56 Å². The fourth-order valence-electron chi connectivity index (χ4n) is 1.65. The molecule has 19 heavy (non-hydrogen) atoms. The van der Waals surface area contributed by atoms with Gasteiger partial charge in [0.1, 0.15) is 6.61 Å². The minimum atomic E-state index is -0.193. The van der Waals surface area contributed by atoms with Crippen LogP contribution in [0, 0.1) is 0 Å². The van der Waals surface area contributed by atoms with Gasteiger partial charge in [0.15, 0.2) is 0 Å². The van der Waals surface area contributed by atoms with Crippen LogP contribution in [0.15, 0.2) is 54.6 Å². The molecule has 3 N–H and O–H groups in total. The first-order valence-corrected chi connectivity index (χ1v) is 6.01. The molecule has 0 aliphatic carbocycles. The smallest absolute Gasteiger partial charge is 0.250 e. The van der Waals surface area contributed by atoms with Gasteiger partial charge in [-0.15, -0.1) is 0 Å². The first kappa shape index (κ1) is 13.1. The first-order valence-electron chi connectivity index (χ1n) is 6.01. The summed E-state index contributed by atoms with van der Waals surface area (Å²) >= 11 is 0. The number of ether oxygens (including phenoxy) is 1. The Balaban J connectivity index is 1.76. The summed E-state index contributed by atoms with van der Waals surface area (Å²) in [6.07, 6.45) is 0. The maximum absolute atomic E-state index is 11.6. The van der Waals surface area contributed by atoms with E-state index in [1.807, 2.05) is 30.3 Å². The fraction of sp³-hybridized carbons (Fsp3) is 0.133. The van der Waals surface area contributed by atoms with Gasteiger partial charge >= 0.3 is 0 Å². The molecular weight excluding hydrogens is 240 g/mol. The van der Waals surface area contributed by atoms with Crippen LogP contribution in [0.5, 0.6) is 0 Å². The Hall–Kier alpha value is -2.33. The van der Waals surface area contributed by atoms with Gasteiger partial charge in [0.05, 0.1) is 6.61 Å². The number of carbonyl (C=O) groups excluding carboxylic acids is 1. The van der Waals surface area contributed by atoms with Crippen molar-refractivity contribution in [3.05, 3.63) is 60.2 Å². The predicted octanol–water partition coefficient (Wildman–Crippen LogP) is 2.42. The number of hydrogen-bond acceptors (Lipinski definition) is 3. The van der Waals surface area contributed by atoms with Gasteiger partial charge in [-0.1, -0.05) is 36.4 Å². The molecule has 1 amide bonds. The van der Waals surface area contributed by atoms with Crippen LogP contribution < -0.4 is 11.1 Å². The van der Waals surface area contributed by atoms with Gasteiger partial charge < -0.3 is 15.8 Å². The zero-order valence-corrected chi connectivity index (χ0v) is 10.5. The van der Waals surface area contributed by atoms with Gasteiger partial charge in [0, 0.05) is 11.4 Å². The van der Waals surface area contributed by atoms with Crippen molar-refractivity contribution < 1.29 is 9.53 Å². The molecule has 0 atom stereocenters. The molecule has 0 aliphatic rings. The number of hydrogen-bond donors (Lipinski definition) is 2. The SMILES string of the molecule is Nc1cccc(NC(=O)COCc2ccccc2)c1. The maximum Gasteiger partial charge on any atom is 0.250 e. The van der Waals surface area contributed by atoms with Crippen molar-refractivity contribution in [2.75, 3.05) is 17.7 Å². The Labute approximate surface area is 112 Å². The lowest BCUT2D eigenvalue weighted by Crippen LogP contribution is -2.18. The quantitative estimate of drug-likeness (QED) is 0.807. The van der Waals surface area contributed by atoms with Crippen molar-refractivity contribution in [1.29, 1.82) is 0 Å². The molecule has 0 aromatic heterocycles. The number of benzene rings is 2. The molecule has 0 saturated carbocycles. The van der Waals surface area contributed by atoms with E-state index in [9.17, 15) is 4.79 Å². The van der Waals surface area contributed by atoms with E-state index in [0.29, 0.717) is 18.0 Å². The zero-order valence-electron chi connectivity index (χ0n) is 10.5. The highest BCUT2D eigenvalue weighted by Gasteiger charge is 2.02. The Morgan fingerprint density at radius 2 is 1.89 bits per heavy atom. The van der Waals surface area contributed by atoms with Crippen LogP contribution in [0.4, 0.5) is 11.4 Å². The van der Waals surface area contributed by atoms with E-state index in [2.05, 4.69) is 5.32 Å². The molecule has 0 heterocycles. The number of anilines is 2. The highest BCUT2D eigenvalue weighted by atomic mass is 16.5. The van der Waals surface area contributed by atoms with Crippen LogP contribution >= 0.6 is 0 Å². The Morgan fingerprint density at radius 3 is 2.63 bits per heavy atom. The van der Waals surface area contributed by atoms with Gasteiger partial charge in [-0.2, -0.15) is 0 Å². The zero-order chi connectivity index (χ0) is 13.5. The summed E-state index contributed by atoms with van der Waals surface area (Å²) in [5.41, 5.74) is 7.96. The summed E-state index contributed by atoms with van der Waals surface area (Å²) in [7, 11) is 0. The Bertz CT molecular complexity index is 541. The molecule has 0 bridgehead atoms. The normalized spacial score (nSPS) is 10.1. The largest absolute Gasteiger partial charge is 0.399 e. The lowest BCUT2D eigenvalue weighted by atomic mass is 10.2. The third-order valence-electron chi connectivity index (χ3n) is 2.52. The molecule has 0 fully saturated rings. The van der Waals surface area contributed by atoms with Crippen LogP contribution in [-0.4, -0.2) is 12.5 Å². The Kier molecular flexibility index (Phi) is 4.53. The van der Waals surface area contributed by atoms with Crippen molar-refractivity contribution in [2.24, 2.45) is 0 Å². The third-order valence-corrected chi connectivity index (χ3v) is 2.52. The lowest BCUT2D eigenvalue weighted by molar-refractivity contribution is -0.121. The second-order valence-corrected chi connectivity index (χ2v) is 4.15. The summed E-state index contributed by atoms with van der Waals surface area (Å²) in [6.45, 7) is 0.439. The highest BCUT2D eigenvalue weighted by Crippen LogP contribution is 2.11. The number of nitrogen functional groups attached to an aromatic ring is 1. The highest BCUT2D eigenvalue weighted by molar-refractivity contribution is 5.92. The van der Waals surface area contributed by atoms with Crippen molar-refractivity contribution in [2.45, 2.75) is 6.61 Å². The average molecular weight is 256 g/mol. The van der Waals surface area contributed by atoms with Crippen LogP contribution in [0.25, 0.3) is 0 Å². The predicted molar refractivity (Wildman–Crippen MR) is 75.6 cm³/mol. The fourth-order valence-corrected chi connectivity index (χ4v) is 1.65. The van der Waals surface area contributed by atoms with Crippen molar-refractivity contribution in [1.82, 2.24) is 0 Å². The molecule has 0 spiro atoms. The lowest BCUT2D eigenvalue weighted by Gasteiger charge is -2.07. The van der Waals surface area contributed by atoms with Crippen LogP contribution in [0.2, 0.25) is 0 Å². The second kappa shape index (κ2) is 6.56. The maximum atomic E-state index is 11.6. The molecule has 2 rings (SSSR count). The molecule has 0 unspecified atom stereocenters. The van der Waals surface area contributed by atoms with E-state index < -0.39 is 0 Å². The summed E-state index contributed by atoms with van der Waals surface area (Å²) in [4.78, 5) is 11.6. The number of carbonyl (C=O) groups is 1. The van der Waals surface area contributed by atoms with E-state index in [1.165, 1.54) is 0 Å². The van der Waals surface area contributed by atoms with Crippen LogP contribution in [0.3, 0.4) is 0 Å². The standard InChI is InChI=1S/C15H16N2O2/c16-13-7-4-8-14(9-13)17-15(18)11-19-10-12-5-2-1-3-6-12/h1-9H,10-11,16H2,(H,17,18). The summed E-state index contributed by atoms with van der Waals surface area (Å²) in [5.74, 6) is -0.193. The van der Waals surface area contributed by atoms with E-state index in [-0.39, 0.29) is 12.5 Å². The van der Waals surface area contributed by atoms with E-state index >= 15 is 0 Å². The van der Waals surface area contributed by atoms with Gasteiger partial charge in [-0.25, -0.2) is 0 Å². The second-order valence-electron chi connectivity index (χ2n) is 4.15. The van der Waals surface area contributed by atoms with Gasteiger partial charge in [-0.05, 0) is 23.8 Å². The van der Waals surface area contributed by atoms with E-state index in [0.717, 1.165) is 5.56 Å². The number of rotatable bonds is 5. The molecule has 4 heteroatoms. The molecule has 2 aromatic carbocycles.